The summed E-state index contributed by atoms with van der Waals surface area (Å²) >= 11 is 1.08. The van der Waals surface area contributed by atoms with Crippen molar-refractivity contribution in [3.05, 3.63) is 61.3 Å². The number of carbonyl (C=O) groups is 1. The van der Waals surface area contributed by atoms with Crippen molar-refractivity contribution < 1.29 is 14.8 Å². The molecule has 1 amide bonds. The smallest absolute Gasteiger partial charge is 0.283 e. The van der Waals surface area contributed by atoms with E-state index >= 15 is 0 Å². The maximum absolute atomic E-state index is 12.3. The van der Waals surface area contributed by atoms with Gasteiger partial charge in [-0.25, -0.2) is 0 Å². The van der Waals surface area contributed by atoms with Crippen LogP contribution >= 0.6 is 11.3 Å². The maximum Gasteiger partial charge on any atom is 0.283 e. The molecule has 6 nitrogen and oxygen atoms in total. The second-order valence-corrected chi connectivity index (χ2v) is 6.49. The normalized spacial score (nSPS) is 19.7. The van der Waals surface area contributed by atoms with Gasteiger partial charge in [0.05, 0.1) is 26.8 Å². The first-order valence-electron chi connectivity index (χ1n) is 6.79. The molecule has 22 heavy (non-hydrogen) atoms. The predicted octanol–water partition coefficient (Wildman–Crippen LogP) is 2.35. The number of nitrogens with zero attached hydrogens (tertiary/aromatic N) is 1. The lowest BCUT2D eigenvalue weighted by molar-refractivity contribution is -0.385. The van der Waals surface area contributed by atoms with Crippen LogP contribution in [0.2, 0.25) is 0 Å². The lowest BCUT2D eigenvalue weighted by Gasteiger charge is -2.17. The predicted molar refractivity (Wildman–Crippen MR) is 82.1 cm³/mol. The van der Waals surface area contributed by atoms with Crippen LogP contribution in [0.15, 0.2) is 30.3 Å². The number of benzene rings is 1. The van der Waals surface area contributed by atoms with E-state index in [0.29, 0.717) is 11.3 Å². The Morgan fingerprint density at radius 2 is 2.18 bits per heavy atom. The summed E-state index contributed by atoms with van der Waals surface area (Å²) in [6.07, 6.45) is -0.192. The average molecular weight is 318 g/mol. The van der Waals surface area contributed by atoms with Crippen molar-refractivity contribution in [2.45, 2.75) is 25.5 Å². The van der Waals surface area contributed by atoms with Crippen molar-refractivity contribution >= 4 is 22.9 Å². The highest BCUT2D eigenvalue weighted by Gasteiger charge is 2.32. The number of amides is 1. The van der Waals surface area contributed by atoms with Crippen molar-refractivity contribution in [1.82, 2.24) is 5.32 Å². The SMILES string of the molecule is Cc1sc(C(=O)N[C@@H]2c3ccccc3C[C@@H]2O)cc1[N+](=O)[O-]. The Morgan fingerprint density at radius 1 is 1.45 bits per heavy atom. The summed E-state index contributed by atoms with van der Waals surface area (Å²) in [4.78, 5) is 23.4. The number of thiophene rings is 1. The Morgan fingerprint density at radius 3 is 2.86 bits per heavy atom. The molecule has 114 valence electrons. The van der Waals surface area contributed by atoms with Gasteiger partial charge in [-0.1, -0.05) is 24.3 Å². The molecule has 0 aliphatic heterocycles. The Bertz CT molecular complexity index is 756. The number of hydrogen-bond acceptors (Lipinski definition) is 5. The average Bonchev–Trinajstić information content (AvgIpc) is 3.00. The van der Waals surface area contributed by atoms with Gasteiger partial charge in [-0.3, -0.25) is 14.9 Å². The zero-order valence-corrected chi connectivity index (χ0v) is 12.6. The van der Waals surface area contributed by atoms with Crippen molar-refractivity contribution in [3.8, 4) is 0 Å². The van der Waals surface area contributed by atoms with Crippen molar-refractivity contribution in [2.24, 2.45) is 0 Å². The number of fused-ring (bicyclic) bond motifs is 1. The molecule has 0 fully saturated rings. The molecule has 0 radical (unpaired) electrons. The molecular weight excluding hydrogens is 304 g/mol. The summed E-state index contributed by atoms with van der Waals surface area (Å²) in [7, 11) is 0. The highest BCUT2D eigenvalue weighted by atomic mass is 32.1. The topological polar surface area (TPSA) is 92.5 Å². The quantitative estimate of drug-likeness (QED) is 0.671. The van der Waals surface area contributed by atoms with E-state index < -0.39 is 23.0 Å². The van der Waals surface area contributed by atoms with Crippen molar-refractivity contribution in [1.29, 1.82) is 0 Å². The van der Waals surface area contributed by atoms with Crippen LogP contribution in [0, 0.1) is 17.0 Å². The van der Waals surface area contributed by atoms with Gasteiger partial charge in [-0.2, -0.15) is 0 Å². The minimum Gasteiger partial charge on any atom is -0.390 e. The zero-order chi connectivity index (χ0) is 15.9. The molecule has 0 saturated heterocycles. The van der Waals surface area contributed by atoms with Crippen LogP contribution in [-0.2, 0) is 6.42 Å². The highest BCUT2D eigenvalue weighted by Crippen LogP contribution is 2.33. The Balaban J connectivity index is 1.83. The lowest BCUT2D eigenvalue weighted by Crippen LogP contribution is -2.33. The fourth-order valence-corrected chi connectivity index (χ4v) is 3.62. The maximum atomic E-state index is 12.3. The minimum atomic E-state index is -0.683. The third-order valence-corrected chi connectivity index (χ3v) is 4.84. The molecule has 2 aromatic rings. The summed E-state index contributed by atoms with van der Waals surface area (Å²) in [6, 6.07) is 8.34. The second kappa shape index (κ2) is 5.51. The van der Waals surface area contributed by atoms with Gasteiger partial charge in [0.15, 0.2) is 0 Å². The van der Waals surface area contributed by atoms with E-state index in [4.69, 9.17) is 0 Å². The largest absolute Gasteiger partial charge is 0.390 e. The van der Waals surface area contributed by atoms with E-state index in [-0.39, 0.29) is 10.6 Å². The molecule has 3 rings (SSSR count). The molecule has 0 unspecified atom stereocenters. The summed E-state index contributed by atoms with van der Waals surface area (Å²) in [6.45, 7) is 1.61. The summed E-state index contributed by atoms with van der Waals surface area (Å²) in [5.41, 5.74) is 1.85. The van der Waals surface area contributed by atoms with E-state index in [1.807, 2.05) is 24.3 Å². The van der Waals surface area contributed by atoms with Gasteiger partial charge in [0.25, 0.3) is 11.6 Å². The Kier molecular flexibility index (Phi) is 3.67. The van der Waals surface area contributed by atoms with Crippen molar-refractivity contribution in [3.63, 3.8) is 0 Å². The molecule has 1 aromatic carbocycles. The van der Waals surface area contributed by atoms with Gasteiger partial charge in [0.1, 0.15) is 0 Å². The Labute approximate surface area is 130 Å². The summed E-state index contributed by atoms with van der Waals surface area (Å²) in [5.74, 6) is -0.401. The third-order valence-electron chi connectivity index (χ3n) is 3.80. The Hall–Kier alpha value is -2.25. The van der Waals surface area contributed by atoms with Gasteiger partial charge < -0.3 is 10.4 Å². The first kappa shape index (κ1) is 14.7. The second-order valence-electron chi connectivity index (χ2n) is 5.23. The molecule has 0 spiro atoms. The van der Waals surface area contributed by atoms with Crippen LogP contribution in [0.1, 0.15) is 31.7 Å². The number of nitrogens with one attached hydrogen (secondary N) is 1. The first-order chi connectivity index (χ1) is 10.5. The van der Waals surface area contributed by atoms with Crippen molar-refractivity contribution in [2.75, 3.05) is 0 Å². The van der Waals surface area contributed by atoms with E-state index in [0.717, 1.165) is 22.5 Å². The number of carbonyl (C=O) groups excluding carboxylic acids is 1. The lowest BCUT2D eigenvalue weighted by atomic mass is 10.1. The highest BCUT2D eigenvalue weighted by molar-refractivity contribution is 7.14. The third kappa shape index (κ3) is 2.49. The van der Waals surface area contributed by atoms with E-state index in [2.05, 4.69) is 5.32 Å². The number of rotatable bonds is 3. The number of nitro groups is 1. The van der Waals surface area contributed by atoms with Crippen LogP contribution in [-0.4, -0.2) is 22.0 Å². The number of hydrogen-bond donors (Lipinski definition) is 2. The monoisotopic (exact) mass is 318 g/mol. The number of aliphatic hydroxyl groups is 1. The number of aryl methyl sites for hydroxylation is 1. The molecule has 2 atom stereocenters. The van der Waals surface area contributed by atoms with Crippen LogP contribution in [0.25, 0.3) is 0 Å². The fraction of sp³-hybridized carbons (Fsp3) is 0.267. The summed E-state index contributed by atoms with van der Waals surface area (Å²) in [5, 5.41) is 23.8. The van der Waals surface area contributed by atoms with Crippen LogP contribution in [0.3, 0.4) is 0 Å². The van der Waals surface area contributed by atoms with Gasteiger partial charge >= 0.3 is 0 Å². The van der Waals surface area contributed by atoms with Crippen LogP contribution < -0.4 is 5.32 Å². The van der Waals surface area contributed by atoms with Gasteiger partial charge in [-0.15, -0.1) is 11.3 Å². The van der Waals surface area contributed by atoms with Crippen LogP contribution in [0.5, 0.6) is 0 Å². The van der Waals surface area contributed by atoms with Gasteiger partial charge in [-0.05, 0) is 18.1 Å². The van der Waals surface area contributed by atoms with E-state index in [1.165, 1.54) is 6.07 Å². The van der Waals surface area contributed by atoms with Gasteiger partial charge in [0.2, 0.25) is 0 Å². The standard InChI is InChI=1S/C15H14N2O4S/c1-8-11(17(20)21)7-13(22-8)15(19)16-14-10-5-3-2-4-9(10)6-12(14)18/h2-5,7,12,14,18H,6H2,1H3,(H,16,19)/t12-,14+/m0/s1. The molecular formula is C15H14N2O4S. The van der Waals surface area contributed by atoms with Crippen LogP contribution in [0.4, 0.5) is 5.69 Å². The van der Waals surface area contributed by atoms with E-state index in [1.54, 1.807) is 6.92 Å². The molecule has 0 saturated carbocycles. The molecule has 1 aliphatic rings. The summed E-state index contributed by atoms with van der Waals surface area (Å²) < 4.78 is 0. The zero-order valence-electron chi connectivity index (χ0n) is 11.8. The first-order valence-corrected chi connectivity index (χ1v) is 7.60. The molecule has 0 bridgehead atoms. The fourth-order valence-electron chi connectivity index (χ4n) is 2.73. The minimum absolute atomic E-state index is 0.0532. The van der Waals surface area contributed by atoms with Gasteiger partial charge in [0, 0.05) is 12.5 Å². The molecule has 1 aliphatic carbocycles. The molecule has 7 heteroatoms. The number of aliphatic hydroxyl groups excluding tert-OH is 1. The van der Waals surface area contributed by atoms with E-state index in [9.17, 15) is 20.0 Å². The molecule has 1 heterocycles. The molecule has 1 aromatic heterocycles. The molecule has 2 N–H and O–H groups in total.